The Bertz CT molecular complexity index is 527. The Morgan fingerprint density at radius 1 is 1.48 bits per heavy atom. The second-order valence-electron chi connectivity index (χ2n) is 5.35. The number of aliphatic hydroxyl groups is 1. The molecule has 1 aromatic rings. The van der Waals surface area contributed by atoms with Crippen LogP contribution in [0, 0.1) is 16.0 Å². The molecule has 1 aliphatic heterocycles. The Balaban J connectivity index is 1.93. The molecule has 1 amide bonds. The molecular weight excluding hydrogens is 274 g/mol. The number of piperidine rings is 1. The number of non-ortho nitro benzene ring substituents is 1. The summed E-state index contributed by atoms with van der Waals surface area (Å²) in [5.41, 5.74) is 5.78. The quantitative estimate of drug-likeness (QED) is 0.617. The summed E-state index contributed by atoms with van der Waals surface area (Å²) in [5.74, 6) is -0.356. The number of carbonyl (C=O) groups excluding carboxylic acids is 1. The van der Waals surface area contributed by atoms with Gasteiger partial charge in [0.15, 0.2) is 0 Å². The van der Waals surface area contributed by atoms with Gasteiger partial charge in [0.05, 0.1) is 11.0 Å². The van der Waals surface area contributed by atoms with E-state index in [1.165, 1.54) is 12.1 Å². The van der Waals surface area contributed by atoms with Gasteiger partial charge in [-0.25, -0.2) is 0 Å². The first-order valence-electron chi connectivity index (χ1n) is 6.91. The van der Waals surface area contributed by atoms with Gasteiger partial charge in [-0.2, -0.15) is 0 Å². The van der Waals surface area contributed by atoms with E-state index in [1.54, 1.807) is 12.1 Å². The Labute approximate surface area is 122 Å². The lowest BCUT2D eigenvalue weighted by atomic mass is 9.96. The van der Waals surface area contributed by atoms with Gasteiger partial charge in [-0.3, -0.25) is 14.9 Å². The minimum Gasteiger partial charge on any atom is -0.387 e. The maximum atomic E-state index is 11.1. The monoisotopic (exact) mass is 293 g/mol. The number of likely N-dealkylation sites (tertiary alicyclic amines) is 1. The molecule has 3 N–H and O–H groups in total. The molecule has 1 fully saturated rings. The third kappa shape index (κ3) is 3.99. The molecule has 1 saturated heterocycles. The normalized spacial score (nSPS) is 18.3. The van der Waals surface area contributed by atoms with Crippen molar-refractivity contribution in [3.63, 3.8) is 0 Å². The molecule has 21 heavy (non-hydrogen) atoms. The van der Waals surface area contributed by atoms with Gasteiger partial charge in [0, 0.05) is 24.6 Å². The number of nitro benzene ring substituents is 1. The van der Waals surface area contributed by atoms with Crippen LogP contribution in [0.4, 0.5) is 5.69 Å². The summed E-state index contributed by atoms with van der Waals surface area (Å²) in [6.07, 6.45) is 0.601. The molecule has 0 spiro atoms. The highest BCUT2D eigenvalue weighted by Gasteiger charge is 2.24. The molecule has 114 valence electrons. The smallest absolute Gasteiger partial charge is 0.269 e. The summed E-state index contributed by atoms with van der Waals surface area (Å²) >= 11 is 0. The molecule has 7 nitrogen and oxygen atoms in total. The summed E-state index contributed by atoms with van der Waals surface area (Å²) in [6.45, 7) is 1.78. The summed E-state index contributed by atoms with van der Waals surface area (Å²) < 4.78 is 0. The van der Waals surface area contributed by atoms with Crippen molar-refractivity contribution in [1.82, 2.24) is 4.90 Å². The van der Waals surface area contributed by atoms with Crippen molar-refractivity contribution in [3.8, 4) is 0 Å². The number of carbonyl (C=O) groups is 1. The fraction of sp³-hybridized carbons (Fsp3) is 0.500. The fourth-order valence-electron chi connectivity index (χ4n) is 2.60. The number of primary amides is 1. The van der Waals surface area contributed by atoms with Gasteiger partial charge >= 0.3 is 0 Å². The molecule has 0 saturated carbocycles. The number of nitrogens with zero attached hydrogens (tertiary/aromatic N) is 2. The van der Waals surface area contributed by atoms with Crippen molar-refractivity contribution in [2.75, 3.05) is 19.6 Å². The molecule has 1 aliphatic rings. The van der Waals surface area contributed by atoms with E-state index in [2.05, 4.69) is 0 Å². The van der Waals surface area contributed by atoms with E-state index >= 15 is 0 Å². The largest absolute Gasteiger partial charge is 0.387 e. The maximum Gasteiger partial charge on any atom is 0.269 e. The molecule has 1 heterocycles. The first-order chi connectivity index (χ1) is 9.97. The van der Waals surface area contributed by atoms with Crippen molar-refractivity contribution < 1.29 is 14.8 Å². The van der Waals surface area contributed by atoms with Crippen LogP contribution < -0.4 is 5.73 Å². The number of rotatable bonds is 5. The van der Waals surface area contributed by atoms with Crippen molar-refractivity contribution in [3.05, 3.63) is 39.9 Å². The molecule has 0 bridgehead atoms. The molecule has 1 unspecified atom stereocenters. The second kappa shape index (κ2) is 6.64. The molecule has 2 rings (SSSR count). The molecule has 0 radical (unpaired) electrons. The van der Waals surface area contributed by atoms with E-state index in [4.69, 9.17) is 5.73 Å². The molecule has 0 aromatic heterocycles. The third-order valence-corrected chi connectivity index (χ3v) is 3.89. The molecule has 7 heteroatoms. The predicted octanol–water partition coefficient (Wildman–Crippen LogP) is 0.825. The lowest BCUT2D eigenvalue weighted by molar-refractivity contribution is -0.385. The predicted molar refractivity (Wildman–Crippen MR) is 76.4 cm³/mol. The van der Waals surface area contributed by atoms with Crippen molar-refractivity contribution >= 4 is 11.6 Å². The summed E-state index contributed by atoms with van der Waals surface area (Å²) in [7, 11) is 0. The summed E-state index contributed by atoms with van der Waals surface area (Å²) in [6, 6.07) is 6.03. The molecular formula is C14H19N3O4. The Morgan fingerprint density at radius 3 is 2.71 bits per heavy atom. The number of benzene rings is 1. The number of aliphatic hydroxyl groups excluding tert-OH is 1. The van der Waals surface area contributed by atoms with Crippen LogP contribution >= 0.6 is 0 Å². The Kier molecular flexibility index (Phi) is 4.87. The maximum absolute atomic E-state index is 11.1. The zero-order chi connectivity index (χ0) is 15.4. The van der Waals surface area contributed by atoms with E-state index in [1.807, 2.05) is 4.90 Å². The summed E-state index contributed by atoms with van der Waals surface area (Å²) in [5, 5.41) is 20.9. The van der Waals surface area contributed by atoms with Gasteiger partial charge in [-0.15, -0.1) is 0 Å². The molecule has 0 aliphatic carbocycles. The van der Waals surface area contributed by atoms with Crippen LogP contribution in [0.2, 0.25) is 0 Å². The lowest BCUT2D eigenvalue weighted by Crippen LogP contribution is -2.40. The lowest BCUT2D eigenvalue weighted by Gasteiger charge is -2.31. The van der Waals surface area contributed by atoms with Crippen LogP contribution in [0.5, 0.6) is 0 Å². The topological polar surface area (TPSA) is 110 Å². The van der Waals surface area contributed by atoms with Gasteiger partial charge < -0.3 is 15.7 Å². The number of nitrogens with two attached hydrogens (primary N) is 1. The van der Waals surface area contributed by atoms with Crippen LogP contribution in [0.3, 0.4) is 0 Å². The van der Waals surface area contributed by atoms with E-state index in [0.29, 0.717) is 38.0 Å². The van der Waals surface area contributed by atoms with Crippen LogP contribution in [0.15, 0.2) is 24.3 Å². The second-order valence-corrected chi connectivity index (χ2v) is 5.35. The first kappa shape index (κ1) is 15.4. The number of amides is 1. The minimum absolute atomic E-state index is 0.0287. The van der Waals surface area contributed by atoms with Crippen molar-refractivity contribution in [2.45, 2.75) is 18.9 Å². The number of hydrogen-bond acceptors (Lipinski definition) is 5. The highest BCUT2D eigenvalue weighted by Crippen LogP contribution is 2.23. The average molecular weight is 293 g/mol. The SMILES string of the molecule is NC(=O)C1CCN(CC(O)c2cccc([N+](=O)[O-])c2)CC1. The Hall–Kier alpha value is -1.99. The van der Waals surface area contributed by atoms with Gasteiger partial charge in [-0.05, 0) is 31.5 Å². The highest BCUT2D eigenvalue weighted by molar-refractivity contribution is 5.76. The van der Waals surface area contributed by atoms with E-state index in [9.17, 15) is 20.0 Å². The third-order valence-electron chi connectivity index (χ3n) is 3.89. The van der Waals surface area contributed by atoms with E-state index in [-0.39, 0.29) is 17.5 Å². The molecule has 1 atom stereocenters. The van der Waals surface area contributed by atoms with Gasteiger partial charge in [0.2, 0.25) is 5.91 Å². The zero-order valence-electron chi connectivity index (χ0n) is 11.6. The van der Waals surface area contributed by atoms with Gasteiger partial charge in [-0.1, -0.05) is 12.1 Å². The van der Waals surface area contributed by atoms with Crippen LogP contribution in [0.1, 0.15) is 24.5 Å². The fourth-order valence-corrected chi connectivity index (χ4v) is 2.60. The van der Waals surface area contributed by atoms with Crippen LogP contribution in [-0.2, 0) is 4.79 Å². The van der Waals surface area contributed by atoms with Gasteiger partial charge in [0.1, 0.15) is 0 Å². The standard InChI is InChI=1S/C14H19N3O4/c15-14(19)10-4-6-16(7-5-10)9-13(18)11-2-1-3-12(8-11)17(20)21/h1-3,8,10,13,18H,4-7,9H2,(H2,15,19). The average Bonchev–Trinajstić information content (AvgIpc) is 2.48. The Morgan fingerprint density at radius 2 is 2.14 bits per heavy atom. The van der Waals surface area contributed by atoms with Crippen molar-refractivity contribution in [1.29, 1.82) is 0 Å². The number of hydrogen-bond donors (Lipinski definition) is 2. The summed E-state index contributed by atoms with van der Waals surface area (Å²) in [4.78, 5) is 23.4. The van der Waals surface area contributed by atoms with E-state index < -0.39 is 11.0 Å². The highest BCUT2D eigenvalue weighted by atomic mass is 16.6. The number of nitro groups is 1. The van der Waals surface area contributed by atoms with Crippen LogP contribution in [0.25, 0.3) is 0 Å². The zero-order valence-corrected chi connectivity index (χ0v) is 11.6. The van der Waals surface area contributed by atoms with Gasteiger partial charge in [0.25, 0.3) is 5.69 Å². The van der Waals surface area contributed by atoms with E-state index in [0.717, 1.165) is 0 Å². The molecule has 1 aromatic carbocycles. The minimum atomic E-state index is -0.782. The van der Waals surface area contributed by atoms with Crippen molar-refractivity contribution in [2.24, 2.45) is 11.7 Å². The first-order valence-corrected chi connectivity index (χ1v) is 6.91. The van der Waals surface area contributed by atoms with Crippen LogP contribution in [-0.4, -0.2) is 40.5 Å². The number of β-amino-alcohol motifs (C(OH)–C–C–N with tert-alkyl or cyclic N) is 1.